The molecule has 2 rings (SSSR count). The Bertz CT molecular complexity index is 553. The summed E-state index contributed by atoms with van der Waals surface area (Å²) in [6.07, 6.45) is -4.64. The van der Waals surface area contributed by atoms with Crippen LogP contribution in [0.2, 0.25) is 0 Å². The van der Waals surface area contributed by atoms with Gasteiger partial charge in [0.1, 0.15) is 11.9 Å². The average molecular weight is 389 g/mol. The van der Waals surface area contributed by atoms with Gasteiger partial charge in [-0.25, -0.2) is 4.79 Å². The molecule has 1 saturated heterocycles. The molecule has 0 saturated carbocycles. The lowest BCUT2D eigenvalue weighted by Gasteiger charge is -2.21. The zero-order valence-corrected chi connectivity index (χ0v) is 11.5. The number of hydrogen-bond donors (Lipinski definition) is 3. The predicted octanol–water partition coefficient (Wildman–Crippen LogP) is -0.684. The lowest BCUT2D eigenvalue weighted by atomic mass is 10.1. The van der Waals surface area contributed by atoms with Crippen molar-refractivity contribution >= 4 is 28.4 Å². The van der Waals surface area contributed by atoms with E-state index in [2.05, 4.69) is 4.98 Å². The number of halogens is 3. The number of nitrogen functional groups attached to an aromatic ring is 1. The highest BCUT2D eigenvalue weighted by Gasteiger charge is 2.59. The normalized spacial score (nSPS) is 29.6. The maximum absolute atomic E-state index is 13.8. The van der Waals surface area contributed by atoms with Crippen molar-refractivity contribution in [1.29, 1.82) is 0 Å². The highest BCUT2D eigenvalue weighted by Crippen LogP contribution is 2.42. The van der Waals surface area contributed by atoms with Gasteiger partial charge in [-0.1, -0.05) is 0 Å². The number of rotatable bonds is 2. The molecule has 1 aliphatic rings. The molecule has 1 aromatic rings. The molecule has 106 valence electrons. The van der Waals surface area contributed by atoms with Crippen LogP contribution >= 0.6 is 22.6 Å². The van der Waals surface area contributed by atoms with Crippen LogP contribution in [0.5, 0.6) is 0 Å². The van der Waals surface area contributed by atoms with Crippen LogP contribution in [0.3, 0.4) is 0 Å². The first kappa shape index (κ1) is 14.6. The van der Waals surface area contributed by atoms with Crippen molar-refractivity contribution in [3.8, 4) is 0 Å². The Balaban J connectivity index is 2.48. The third-order valence-corrected chi connectivity index (χ3v) is 3.58. The molecule has 19 heavy (non-hydrogen) atoms. The Morgan fingerprint density at radius 2 is 2.26 bits per heavy atom. The number of nitrogens with two attached hydrogens (primary N) is 1. The molecule has 0 aliphatic carbocycles. The maximum atomic E-state index is 13.8. The Morgan fingerprint density at radius 3 is 2.79 bits per heavy atom. The fourth-order valence-electron chi connectivity index (χ4n) is 1.74. The number of aliphatic hydroxyl groups excluding tert-OH is 2. The molecule has 4 N–H and O–H groups in total. The van der Waals surface area contributed by atoms with Crippen LogP contribution in [0.25, 0.3) is 0 Å². The van der Waals surface area contributed by atoms with E-state index in [1.165, 1.54) is 0 Å². The molecular weight excluding hydrogens is 379 g/mol. The largest absolute Gasteiger partial charge is 0.394 e. The summed E-state index contributed by atoms with van der Waals surface area (Å²) in [4.78, 5) is 15.0. The van der Waals surface area contributed by atoms with E-state index < -0.39 is 36.7 Å². The molecule has 0 unspecified atom stereocenters. The summed E-state index contributed by atoms with van der Waals surface area (Å²) < 4.78 is 33.3. The van der Waals surface area contributed by atoms with Gasteiger partial charge < -0.3 is 20.7 Å². The average Bonchev–Trinajstić information content (AvgIpc) is 2.56. The summed E-state index contributed by atoms with van der Waals surface area (Å²) in [5, 5.41) is 18.2. The summed E-state index contributed by atoms with van der Waals surface area (Å²) in [5.41, 5.74) is 4.37. The Kier molecular flexibility index (Phi) is 3.77. The molecule has 1 aromatic heterocycles. The first-order valence-corrected chi connectivity index (χ1v) is 6.23. The Labute approximate surface area is 119 Å². The SMILES string of the molecule is Nc1nc(=O)n([C@H]2O[C@@H](CO)[C@H](O)C2(F)F)cc1I. The number of ether oxygens (including phenoxy) is 1. The van der Waals surface area contributed by atoms with Crippen LogP contribution in [0, 0.1) is 3.57 Å². The molecular formula is C9H10F2IN3O4. The van der Waals surface area contributed by atoms with Crippen LogP contribution in [0.1, 0.15) is 6.23 Å². The number of anilines is 1. The highest BCUT2D eigenvalue weighted by molar-refractivity contribution is 14.1. The van der Waals surface area contributed by atoms with E-state index in [4.69, 9.17) is 15.6 Å². The van der Waals surface area contributed by atoms with Gasteiger partial charge in [-0.15, -0.1) is 0 Å². The minimum absolute atomic E-state index is 0.0811. The molecule has 3 atom stereocenters. The zero-order valence-electron chi connectivity index (χ0n) is 9.33. The predicted molar refractivity (Wildman–Crippen MR) is 67.6 cm³/mol. The molecule has 7 nitrogen and oxygen atoms in total. The van der Waals surface area contributed by atoms with Gasteiger partial charge in [-0.05, 0) is 22.6 Å². The van der Waals surface area contributed by atoms with Crippen LogP contribution in [-0.2, 0) is 4.74 Å². The van der Waals surface area contributed by atoms with E-state index in [1.807, 2.05) is 0 Å². The molecule has 0 spiro atoms. The molecule has 2 heterocycles. The van der Waals surface area contributed by atoms with Crippen LogP contribution < -0.4 is 11.4 Å². The van der Waals surface area contributed by atoms with Gasteiger partial charge in [0.05, 0.1) is 10.2 Å². The topological polar surface area (TPSA) is 111 Å². The standard InChI is InChI=1S/C9H10F2IN3O4/c10-9(11)5(17)4(2-16)19-7(9)15-1-3(12)6(13)14-8(15)18/h1,4-5,7,16-17H,2H2,(H2,13,14,18)/t4-,5-,7-/m0/s1. The highest BCUT2D eigenvalue weighted by atomic mass is 127. The first-order chi connectivity index (χ1) is 8.78. The second kappa shape index (κ2) is 4.92. The minimum atomic E-state index is -3.72. The van der Waals surface area contributed by atoms with Gasteiger partial charge in [0.15, 0.2) is 6.10 Å². The van der Waals surface area contributed by atoms with Gasteiger partial charge in [0.2, 0.25) is 6.23 Å². The minimum Gasteiger partial charge on any atom is -0.394 e. The second-order valence-corrected chi connectivity index (χ2v) is 5.15. The maximum Gasteiger partial charge on any atom is 0.351 e. The molecule has 0 radical (unpaired) electrons. The fraction of sp³-hybridized carbons (Fsp3) is 0.556. The van der Waals surface area contributed by atoms with Gasteiger partial charge in [-0.3, -0.25) is 4.57 Å². The third-order valence-electron chi connectivity index (χ3n) is 2.75. The van der Waals surface area contributed by atoms with Crippen LogP contribution in [0.4, 0.5) is 14.6 Å². The smallest absolute Gasteiger partial charge is 0.351 e. The molecule has 0 aromatic carbocycles. The van der Waals surface area contributed by atoms with Crippen LogP contribution in [0.15, 0.2) is 11.0 Å². The third kappa shape index (κ3) is 2.32. The number of alkyl halides is 2. The molecule has 0 amide bonds. The van der Waals surface area contributed by atoms with E-state index in [0.717, 1.165) is 6.20 Å². The molecule has 10 heteroatoms. The molecule has 0 bridgehead atoms. The summed E-state index contributed by atoms with van der Waals surface area (Å²) in [6, 6.07) is 0. The fourth-order valence-corrected chi connectivity index (χ4v) is 2.16. The number of aliphatic hydroxyl groups is 2. The zero-order chi connectivity index (χ0) is 14.4. The molecule has 1 aliphatic heterocycles. The van der Waals surface area contributed by atoms with E-state index in [-0.39, 0.29) is 5.82 Å². The lowest BCUT2D eigenvalue weighted by Crippen LogP contribution is -2.42. The quantitative estimate of drug-likeness (QED) is 0.578. The van der Waals surface area contributed by atoms with Crippen LogP contribution in [-0.4, -0.2) is 44.5 Å². The number of aromatic nitrogens is 2. The number of hydrogen-bond acceptors (Lipinski definition) is 6. The van der Waals surface area contributed by atoms with E-state index >= 15 is 0 Å². The Morgan fingerprint density at radius 1 is 1.63 bits per heavy atom. The molecule has 1 fully saturated rings. The van der Waals surface area contributed by atoms with Gasteiger partial charge >= 0.3 is 11.6 Å². The monoisotopic (exact) mass is 389 g/mol. The summed E-state index contributed by atoms with van der Waals surface area (Å²) >= 11 is 1.73. The first-order valence-electron chi connectivity index (χ1n) is 5.15. The van der Waals surface area contributed by atoms with E-state index in [9.17, 15) is 18.7 Å². The van der Waals surface area contributed by atoms with Gasteiger partial charge in [0, 0.05) is 6.20 Å². The number of nitrogens with zero attached hydrogens (tertiary/aromatic N) is 2. The Hall–Kier alpha value is -0.850. The van der Waals surface area contributed by atoms with Crippen molar-refractivity contribution in [3.63, 3.8) is 0 Å². The summed E-state index contributed by atoms with van der Waals surface area (Å²) in [7, 11) is 0. The summed E-state index contributed by atoms with van der Waals surface area (Å²) in [6.45, 7) is -0.790. The van der Waals surface area contributed by atoms with Crippen molar-refractivity contribution < 1.29 is 23.7 Å². The van der Waals surface area contributed by atoms with Crippen molar-refractivity contribution in [2.75, 3.05) is 12.3 Å². The van der Waals surface area contributed by atoms with Crippen molar-refractivity contribution in [2.45, 2.75) is 24.4 Å². The van der Waals surface area contributed by atoms with E-state index in [1.54, 1.807) is 22.6 Å². The van der Waals surface area contributed by atoms with Crippen molar-refractivity contribution in [2.24, 2.45) is 0 Å². The lowest BCUT2D eigenvalue weighted by molar-refractivity contribution is -0.141. The summed E-state index contributed by atoms with van der Waals surface area (Å²) in [5.74, 6) is -3.81. The second-order valence-electron chi connectivity index (χ2n) is 3.99. The van der Waals surface area contributed by atoms with Gasteiger partial charge in [-0.2, -0.15) is 13.8 Å². The van der Waals surface area contributed by atoms with Crippen molar-refractivity contribution in [1.82, 2.24) is 9.55 Å². The van der Waals surface area contributed by atoms with Gasteiger partial charge in [0.25, 0.3) is 0 Å². The van der Waals surface area contributed by atoms with E-state index in [0.29, 0.717) is 8.14 Å². The van der Waals surface area contributed by atoms with Crippen molar-refractivity contribution in [3.05, 3.63) is 20.3 Å².